The Morgan fingerprint density at radius 2 is 1.45 bits per heavy atom. The van der Waals surface area contributed by atoms with Crippen LogP contribution in [0.2, 0.25) is 10.0 Å². The van der Waals surface area contributed by atoms with Crippen molar-refractivity contribution >= 4 is 40.9 Å². The zero-order valence-corrected chi connectivity index (χ0v) is 25.8. The van der Waals surface area contributed by atoms with Gasteiger partial charge in [0.2, 0.25) is 0 Å². The van der Waals surface area contributed by atoms with E-state index >= 15 is 0 Å². The summed E-state index contributed by atoms with van der Waals surface area (Å²) < 4.78 is 5.77. The van der Waals surface area contributed by atoms with Gasteiger partial charge in [-0.1, -0.05) is 96.0 Å². The number of rotatable bonds is 10. The molecule has 0 spiro atoms. The third-order valence-corrected chi connectivity index (χ3v) is 8.35. The maximum atomic E-state index is 12.7. The fourth-order valence-electron chi connectivity index (χ4n) is 5.28. The first-order valence-electron chi connectivity index (χ1n) is 14.7. The second-order valence-electron chi connectivity index (χ2n) is 10.8. The standard InChI is InChI=1S/C35H35Cl2N3O4/c36-30-22-27(23-31(37)33(30)41)34(42)38-18-14-24-10-12-25(13-11-24)15-19-40-20-16-28(17-21-40)44-35(43)39-32-9-5-4-8-29(32)26-6-2-1-3-7-26/h1-13,22-23,28,41H,14-21H2,(H,38,42)(H,39,43). The first-order valence-corrected chi connectivity index (χ1v) is 15.5. The molecule has 0 aliphatic carbocycles. The van der Waals surface area contributed by atoms with Crippen molar-refractivity contribution < 1.29 is 19.4 Å². The van der Waals surface area contributed by atoms with Crippen LogP contribution in [-0.2, 0) is 17.6 Å². The minimum Gasteiger partial charge on any atom is -0.505 e. The Labute approximate surface area is 267 Å². The smallest absolute Gasteiger partial charge is 0.411 e. The Kier molecular flexibility index (Phi) is 10.8. The van der Waals surface area contributed by atoms with Crippen molar-refractivity contribution in [3.63, 3.8) is 0 Å². The lowest BCUT2D eigenvalue weighted by Crippen LogP contribution is -2.39. The van der Waals surface area contributed by atoms with Gasteiger partial charge in [0, 0.05) is 37.3 Å². The molecule has 4 aromatic carbocycles. The van der Waals surface area contributed by atoms with E-state index in [0.717, 1.165) is 61.3 Å². The van der Waals surface area contributed by atoms with Gasteiger partial charge in [0.05, 0.1) is 15.7 Å². The first-order chi connectivity index (χ1) is 21.4. The molecule has 5 rings (SSSR count). The summed E-state index contributed by atoms with van der Waals surface area (Å²) in [5.41, 5.74) is 5.42. The number of carbonyl (C=O) groups is 2. The molecule has 4 aromatic rings. The van der Waals surface area contributed by atoms with Gasteiger partial charge in [0.15, 0.2) is 5.75 Å². The monoisotopic (exact) mass is 631 g/mol. The van der Waals surface area contributed by atoms with Gasteiger partial charge in [-0.05, 0) is 60.6 Å². The van der Waals surface area contributed by atoms with Gasteiger partial charge >= 0.3 is 6.09 Å². The van der Waals surface area contributed by atoms with Gasteiger partial charge in [-0.15, -0.1) is 0 Å². The van der Waals surface area contributed by atoms with Gasteiger partial charge in [-0.2, -0.15) is 0 Å². The zero-order chi connectivity index (χ0) is 30.9. The quantitative estimate of drug-likeness (QED) is 0.168. The molecule has 0 atom stereocenters. The number of likely N-dealkylation sites (tertiary alicyclic amines) is 1. The van der Waals surface area contributed by atoms with Crippen LogP contribution in [0.5, 0.6) is 5.75 Å². The van der Waals surface area contributed by atoms with Gasteiger partial charge < -0.3 is 20.1 Å². The number of anilines is 1. The number of aromatic hydroxyl groups is 1. The number of hydrogen-bond acceptors (Lipinski definition) is 5. The molecule has 1 aliphatic rings. The Hall–Kier alpha value is -4.04. The van der Waals surface area contributed by atoms with Gasteiger partial charge in [-0.25, -0.2) is 4.79 Å². The van der Waals surface area contributed by atoms with E-state index in [2.05, 4.69) is 39.8 Å². The number of benzene rings is 4. The van der Waals surface area contributed by atoms with Crippen molar-refractivity contribution in [3.05, 3.63) is 118 Å². The number of amides is 2. The summed E-state index contributed by atoms with van der Waals surface area (Å²) in [5, 5.41) is 15.6. The maximum Gasteiger partial charge on any atom is 0.411 e. The predicted octanol–water partition coefficient (Wildman–Crippen LogP) is 7.59. The van der Waals surface area contributed by atoms with Crippen molar-refractivity contribution in [2.75, 3.05) is 31.5 Å². The van der Waals surface area contributed by atoms with E-state index in [-0.39, 0.29) is 27.8 Å². The first kappa shape index (κ1) is 31.4. The number of ether oxygens (including phenoxy) is 1. The number of para-hydroxylation sites is 1. The number of piperidine rings is 1. The normalized spacial score (nSPS) is 13.8. The fourth-order valence-corrected chi connectivity index (χ4v) is 5.77. The SMILES string of the molecule is O=C(Nc1ccccc1-c1ccccc1)OC1CCN(CCc2ccc(CCNC(=O)c3cc(Cl)c(O)c(Cl)c3)cc2)CC1. The van der Waals surface area contributed by atoms with Crippen molar-refractivity contribution in [2.45, 2.75) is 31.8 Å². The highest BCUT2D eigenvalue weighted by atomic mass is 35.5. The third-order valence-electron chi connectivity index (χ3n) is 7.77. The van der Waals surface area contributed by atoms with Crippen LogP contribution in [0.1, 0.15) is 34.3 Å². The molecule has 9 heteroatoms. The Bertz CT molecular complexity index is 1550. The summed E-state index contributed by atoms with van der Waals surface area (Å²) >= 11 is 11.8. The third kappa shape index (κ3) is 8.53. The van der Waals surface area contributed by atoms with Gasteiger partial charge in [0.1, 0.15) is 6.10 Å². The van der Waals surface area contributed by atoms with Crippen molar-refractivity contribution in [1.82, 2.24) is 10.2 Å². The molecule has 228 valence electrons. The highest BCUT2D eigenvalue weighted by Gasteiger charge is 2.22. The van der Waals surface area contributed by atoms with Crippen molar-refractivity contribution in [1.29, 1.82) is 0 Å². The van der Waals surface area contributed by atoms with Crippen LogP contribution in [0.25, 0.3) is 11.1 Å². The second-order valence-corrected chi connectivity index (χ2v) is 11.7. The topological polar surface area (TPSA) is 90.9 Å². The number of carbonyl (C=O) groups excluding carboxylic acids is 2. The molecule has 2 amide bonds. The molecular weight excluding hydrogens is 597 g/mol. The fraction of sp³-hybridized carbons (Fsp3) is 0.257. The lowest BCUT2D eigenvalue weighted by molar-refractivity contribution is 0.0593. The minimum absolute atomic E-state index is 0.0417. The van der Waals surface area contributed by atoms with E-state index in [1.165, 1.54) is 17.7 Å². The number of phenolic OH excluding ortho intramolecular Hbond substituents is 1. The van der Waals surface area contributed by atoms with Crippen molar-refractivity contribution in [3.8, 4) is 16.9 Å². The van der Waals surface area contributed by atoms with Gasteiger partial charge in [0.25, 0.3) is 5.91 Å². The number of nitrogens with zero attached hydrogens (tertiary/aromatic N) is 1. The Morgan fingerprint density at radius 1 is 0.841 bits per heavy atom. The maximum absolute atomic E-state index is 12.7. The summed E-state index contributed by atoms with van der Waals surface area (Å²) in [7, 11) is 0. The Balaban J connectivity index is 1.00. The molecule has 0 radical (unpaired) electrons. The zero-order valence-electron chi connectivity index (χ0n) is 24.3. The number of halogens is 2. The highest BCUT2D eigenvalue weighted by Crippen LogP contribution is 2.32. The van der Waals surface area contributed by atoms with Crippen LogP contribution < -0.4 is 10.6 Å². The summed E-state index contributed by atoms with van der Waals surface area (Å²) in [6.45, 7) is 3.17. The summed E-state index contributed by atoms with van der Waals surface area (Å²) in [6, 6.07) is 28.9. The van der Waals surface area contributed by atoms with Crippen LogP contribution in [0, 0.1) is 0 Å². The van der Waals surface area contributed by atoms with Crippen LogP contribution in [0.4, 0.5) is 10.5 Å². The molecule has 0 aromatic heterocycles. The predicted molar refractivity (Wildman–Crippen MR) is 176 cm³/mol. The summed E-state index contributed by atoms with van der Waals surface area (Å²) in [6.07, 6.45) is 2.72. The Morgan fingerprint density at radius 3 is 2.14 bits per heavy atom. The average molecular weight is 633 g/mol. The molecule has 44 heavy (non-hydrogen) atoms. The number of nitrogens with one attached hydrogen (secondary N) is 2. The van der Waals surface area contributed by atoms with E-state index in [1.807, 2.05) is 54.6 Å². The molecule has 0 bridgehead atoms. The number of hydrogen-bond donors (Lipinski definition) is 3. The van der Waals surface area contributed by atoms with Crippen LogP contribution in [-0.4, -0.2) is 54.3 Å². The van der Waals surface area contributed by atoms with Crippen LogP contribution in [0.3, 0.4) is 0 Å². The molecule has 0 saturated carbocycles. The van der Waals surface area contributed by atoms with E-state index in [0.29, 0.717) is 18.5 Å². The molecule has 1 aliphatic heterocycles. The van der Waals surface area contributed by atoms with E-state index in [9.17, 15) is 14.7 Å². The number of phenols is 1. The molecule has 1 saturated heterocycles. The lowest BCUT2D eigenvalue weighted by Gasteiger charge is -2.31. The van der Waals surface area contributed by atoms with Crippen LogP contribution >= 0.6 is 23.2 Å². The molecule has 1 fully saturated rings. The molecule has 1 heterocycles. The highest BCUT2D eigenvalue weighted by molar-refractivity contribution is 6.37. The van der Waals surface area contributed by atoms with E-state index in [4.69, 9.17) is 27.9 Å². The largest absolute Gasteiger partial charge is 0.505 e. The van der Waals surface area contributed by atoms with Gasteiger partial charge in [-0.3, -0.25) is 10.1 Å². The minimum atomic E-state index is -0.416. The second kappa shape index (κ2) is 15.1. The summed E-state index contributed by atoms with van der Waals surface area (Å²) in [5.74, 6) is -0.529. The van der Waals surface area contributed by atoms with Crippen LogP contribution in [0.15, 0.2) is 91.0 Å². The lowest BCUT2D eigenvalue weighted by atomic mass is 10.0. The van der Waals surface area contributed by atoms with E-state index in [1.54, 1.807) is 0 Å². The summed E-state index contributed by atoms with van der Waals surface area (Å²) in [4.78, 5) is 27.5. The van der Waals surface area contributed by atoms with E-state index < -0.39 is 6.09 Å². The molecule has 3 N–H and O–H groups in total. The van der Waals surface area contributed by atoms with Crippen molar-refractivity contribution in [2.24, 2.45) is 0 Å². The molecule has 0 unspecified atom stereocenters. The molecule has 7 nitrogen and oxygen atoms in total. The average Bonchev–Trinajstić information content (AvgIpc) is 3.04. The molecular formula is C35H35Cl2N3O4.